The third kappa shape index (κ3) is 3.34. The van der Waals surface area contributed by atoms with Gasteiger partial charge in [-0.25, -0.2) is 0 Å². The van der Waals surface area contributed by atoms with Crippen molar-refractivity contribution in [2.45, 2.75) is 19.3 Å². The van der Waals surface area contributed by atoms with E-state index in [1.807, 2.05) is 37.3 Å². The van der Waals surface area contributed by atoms with E-state index in [2.05, 4.69) is 10.2 Å². The topological polar surface area (TPSA) is 65.7 Å². The second-order valence-electron chi connectivity index (χ2n) is 5.72. The maximum Gasteiger partial charge on any atom is 0.267 e. The fourth-order valence-electron chi connectivity index (χ4n) is 2.91. The monoisotopic (exact) mass is 340 g/mol. The van der Waals surface area contributed by atoms with Gasteiger partial charge in [0.05, 0.1) is 0 Å². The quantitative estimate of drug-likeness (QED) is 0.687. The molecule has 1 unspecified atom stereocenters. The number of carbonyl (C=O) groups excluding carboxylic acids is 1. The molecule has 0 saturated heterocycles. The number of aryl methyl sites for hydroxylation is 1. The van der Waals surface area contributed by atoms with Crippen LogP contribution < -0.4 is 5.56 Å². The van der Waals surface area contributed by atoms with Crippen LogP contribution in [0.25, 0.3) is 0 Å². The Balaban J connectivity index is 2.03. The number of Topliss-reactive ketones (excluding diaryl/α,β-unsaturated/α-hetero) is 1. The zero-order valence-electron chi connectivity index (χ0n) is 13.2. The Hall–Kier alpha value is -2.59. The lowest BCUT2D eigenvalue weighted by Gasteiger charge is -2.16. The van der Waals surface area contributed by atoms with E-state index < -0.39 is 0 Å². The minimum Gasteiger partial charge on any atom is -0.302 e. The number of hydrogen-bond donors (Lipinski definition) is 2. The van der Waals surface area contributed by atoms with E-state index in [0.29, 0.717) is 16.1 Å². The van der Waals surface area contributed by atoms with Gasteiger partial charge >= 0.3 is 0 Å². The minimum atomic E-state index is -0.355. The Morgan fingerprint density at radius 3 is 2.46 bits per heavy atom. The SMILES string of the molecule is Cc1[nH][nH]c(=O)c1C(CC(=O)c1ccccc1)c1cccc(Cl)c1. The summed E-state index contributed by atoms with van der Waals surface area (Å²) in [5, 5.41) is 6.00. The first-order valence-corrected chi connectivity index (χ1v) is 8.05. The molecule has 5 heteroatoms. The van der Waals surface area contributed by atoms with Crippen LogP contribution in [-0.2, 0) is 0 Å². The van der Waals surface area contributed by atoms with Crippen molar-refractivity contribution in [3.63, 3.8) is 0 Å². The van der Waals surface area contributed by atoms with Gasteiger partial charge in [-0.15, -0.1) is 0 Å². The molecular weight excluding hydrogens is 324 g/mol. The highest BCUT2D eigenvalue weighted by atomic mass is 35.5. The van der Waals surface area contributed by atoms with E-state index in [1.54, 1.807) is 24.3 Å². The number of aromatic amines is 2. The lowest BCUT2D eigenvalue weighted by molar-refractivity contribution is 0.0977. The number of ketones is 1. The number of halogens is 1. The first kappa shape index (κ1) is 16.3. The Labute approximate surface area is 144 Å². The Bertz CT molecular complexity index is 912. The number of aromatic nitrogens is 2. The average Bonchev–Trinajstić information content (AvgIpc) is 2.92. The van der Waals surface area contributed by atoms with Crippen molar-refractivity contribution in [3.05, 3.63) is 92.4 Å². The molecule has 0 aliphatic carbocycles. The first-order valence-electron chi connectivity index (χ1n) is 7.67. The van der Waals surface area contributed by atoms with E-state index in [1.165, 1.54) is 0 Å². The zero-order chi connectivity index (χ0) is 17.1. The van der Waals surface area contributed by atoms with Crippen molar-refractivity contribution in [2.24, 2.45) is 0 Å². The molecule has 1 heterocycles. The van der Waals surface area contributed by atoms with Crippen molar-refractivity contribution in [3.8, 4) is 0 Å². The van der Waals surface area contributed by atoms with Crippen LogP contribution in [-0.4, -0.2) is 16.0 Å². The summed E-state index contributed by atoms with van der Waals surface area (Å²) in [6.45, 7) is 1.82. The molecule has 1 atom stereocenters. The van der Waals surface area contributed by atoms with Crippen LogP contribution in [0.15, 0.2) is 59.4 Å². The molecule has 0 spiro atoms. The summed E-state index contributed by atoms with van der Waals surface area (Å²) in [4.78, 5) is 24.9. The van der Waals surface area contributed by atoms with Crippen LogP contribution in [0, 0.1) is 6.92 Å². The van der Waals surface area contributed by atoms with Crippen molar-refractivity contribution in [2.75, 3.05) is 0 Å². The molecule has 0 bridgehead atoms. The van der Waals surface area contributed by atoms with E-state index in [0.717, 1.165) is 11.3 Å². The summed E-state index contributed by atoms with van der Waals surface area (Å²) in [5.41, 5.74) is 2.57. The molecule has 0 radical (unpaired) electrons. The molecule has 3 rings (SSSR count). The van der Waals surface area contributed by atoms with Crippen LogP contribution in [0.1, 0.15) is 39.5 Å². The van der Waals surface area contributed by atoms with Crippen molar-refractivity contribution in [1.82, 2.24) is 10.2 Å². The summed E-state index contributed by atoms with van der Waals surface area (Å²) in [6, 6.07) is 16.4. The molecule has 2 aromatic carbocycles. The smallest absolute Gasteiger partial charge is 0.267 e. The second kappa shape index (κ2) is 6.89. The Morgan fingerprint density at radius 2 is 1.83 bits per heavy atom. The van der Waals surface area contributed by atoms with Gasteiger partial charge in [-0.2, -0.15) is 0 Å². The number of carbonyl (C=O) groups is 1. The number of nitrogens with one attached hydrogen (secondary N) is 2. The zero-order valence-corrected chi connectivity index (χ0v) is 13.9. The second-order valence-corrected chi connectivity index (χ2v) is 6.16. The lowest BCUT2D eigenvalue weighted by atomic mass is 9.86. The number of hydrogen-bond acceptors (Lipinski definition) is 2. The summed E-state index contributed by atoms with van der Waals surface area (Å²) < 4.78 is 0. The van der Waals surface area contributed by atoms with Crippen molar-refractivity contribution >= 4 is 17.4 Å². The summed E-state index contributed by atoms with van der Waals surface area (Å²) in [6.07, 6.45) is 0.201. The third-order valence-corrected chi connectivity index (χ3v) is 4.33. The highest BCUT2D eigenvalue weighted by molar-refractivity contribution is 6.30. The van der Waals surface area contributed by atoms with Gasteiger partial charge in [0, 0.05) is 34.2 Å². The predicted molar refractivity (Wildman–Crippen MR) is 94.8 cm³/mol. The fourth-order valence-corrected chi connectivity index (χ4v) is 3.11. The van der Waals surface area contributed by atoms with Gasteiger partial charge in [0.2, 0.25) is 0 Å². The molecule has 0 fully saturated rings. The molecule has 24 heavy (non-hydrogen) atoms. The van der Waals surface area contributed by atoms with Gasteiger partial charge in [0.15, 0.2) is 5.78 Å². The maximum absolute atomic E-state index is 12.7. The molecule has 2 N–H and O–H groups in total. The van der Waals surface area contributed by atoms with Crippen LogP contribution in [0.5, 0.6) is 0 Å². The van der Waals surface area contributed by atoms with Gasteiger partial charge < -0.3 is 5.10 Å². The van der Waals surface area contributed by atoms with E-state index >= 15 is 0 Å². The van der Waals surface area contributed by atoms with Crippen LogP contribution >= 0.6 is 11.6 Å². The normalized spacial score (nSPS) is 12.1. The predicted octanol–water partition coefficient (Wildman–Crippen LogP) is 4.07. The van der Waals surface area contributed by atoms with Crippen LogP contribution in [0.3, 0.4) is 0 Å². The van der Waals surface area contributed by atoms with Gasteiger partial charge in [0.1, 0.15) is 0 Å². The molecular formula is C19H17ClN2O2. The molecule has 0 saturated carbocycles. The van der Waals surface area contributed by atoms with Gasteiger partial charge in [-0.3, -0.25) is 14.7 Å². The number of rotatable bonds is 5. The molecule has 0 aliphatic rings. The largest absolute Gasteiger partial charge is 0.302 e. The first-order chi connectivity index (χ1) is 11.6. The highest BCUT2D eigenvalue weighted by Gasteiger charge is 2.24. The minimum absolute atomic E-state index is 0.0134. The highest BCUT2D eigenvalue weighted by Crippen LogP contribution is 2.30. The molecule has 122 valence electrons. The molecule has 4 nitrogen and oxygen atoms in total. The molecule has 0 amide bonds. The molecule has 1 aromatic heterocycles. The van der Waals surface area contributed by atoms with E-state index in [-0.39, 0.29) is 23.7 Å². The van der Waals surface area contributed by atoms with Crippen molar-refractivity contribution < 1.29 is 4.79 Å². The van der Waals surface area contributed by atoms with E-state index in [4.69, 9.17) is 11.6 Å². The number of benzene rings is 2. The molecule has 3 aromatic rings. The fraction of sp³-hybridized carbons (Fsp3) is 0.158. The standard InChI is InChI=1S/C19H17ClN2O2/c1-12-18(19(24)22-21-12)16(14-8-5-9-15(20)10-14)11-17(23)13-6-3-2-4-7-13/h2-10,16H,11H2,1H3,(H2,21,22,24). The number of H-pyrrole nitrogens is 2. The van der Waals surface area contributed by atoms with Gasteiger partial charge in [-0.1, -0.05) is 54.1 Å². The van der Waals surface area contributed by atoms with Gasteiger partial charge in [-0.05, 0) is 24.6 Å². The van der Waals surface area contributed by atoms with Crippen molar-refractivity contribution in [1.29, 1.82) is 0 Å². The summed E-state index contributed by atoms with van der Waals surface area (Å²) in [5.74, 6) is -0.369. The Morgan fingerprint density at radius 1 is 1.08 bits per heavy atom. The summed E-state index contributed by atoms with van der Waals surface area (Å²) >= 11 is 6.10. The summed E-state index contributed by atoms with van der Waals surface area (Å²) in [7, 11) is 0. The van der Waals surface area contributed by atoms with Crippen LogP contribution in [0.4, 0.5) is 0 Å². The maximum atomic E-state index is 12.7. The Kier molecular flexibility index (Phi) is 4.67. The van der Waals surface area contributed by atoms with Crippen LogP contribution in [0.2, 0.25) is 5.02 Å². The van der Waals surface area contributed by atoms with E-state index in [9.17, 15) is 9.59 Å². The average molecular weight is 341 g/mol. The van der Waals surface area contributed by atoms with Gasteiger partial charge in [0.25, 0.3) is 5.56 Å². The lowest BCUT2D eigenvalue weighted by Crippen LogP contribution is -2.17. The third-order valence-electron chi connectivity index (χ3n) is 4.10. The molecule has 0 aliphatic heterocycles.